The van der Waals surface area contributed by atoms with E-state index in [9.17, 15) is 49.5 Å². The van der Waals surface area contributed by atoms with Crippen molar-refractivity contribution in [1.82, 2.24) is 4.90 Å². The molecule has 0 unspecified atom stereocenters. The third-order valence-corrected chi connectivity index (χ3v) is 10.1. The number of likely N-dealkylation sites (tertiary alicyclic amines) is 1. The molecular weight excluding hydrogens is 662 g/mol. The van der Waals surface area contributed by atoms with Crippen LogP contribution in [-0.2, 0) is 56.6 Å². The van der Waals surface area contributed by atoms with Gasteiger partial charge in [0.15, 0.2) is 18.3 Å². The normalized spacial score (nSPS) is 26.9. The number of nitrogens with zero attached hydrogens (tertiary/aromatic N) is 1. The van der Waals surface area contributed by atoms with Crippen molar-refractivity contribution < 1.29 is 73.6 Å². The average Bonchev–Trinajstić information content (AvgIpc) is 3.45. The third kappa shape index (κ3) is 5.58. The van der Waals surface area contributed by atoms with Crippen LogP contribution in [0.15, 0.2) is 54.3 Å². The highest BCUT2D eigenvalue weighted by Crippen LogP contribution is 2.64. The summed E-state index contributed by atoms with van der Waals surface area (Å²) in [7, 11) is 1.91. The van der Waals surface area contributed by atoms with E-state index in [1.54, 1.807) is 12.1 Å². The average molecular weight is 698 g/mol. The molecule has 2 bridgehead atoms. The minimum Gasteiger partial charge on any atom is -0.481 e. The lowest BCUT2D eigenvalue weighted by Gasteiger charge is -2.61. The maximum absolute atomic E-state index is 13.3. The van der Waals surface area contributed by atoms with Gasteiger partial charge in [-0.15, -0.1) is 0 Å². The van der Waals surface area contributed by atoms with Crippen LogP contribution in [0.4, 0.5) is 0 Å². The summed E-state index contributed by atoms with van der Waals surface area (Å²) in [5, 5.41) is 62.1. The van der Waals surface area contributed by atoms with Crippen LogP contribution in [0.3, 0.4) is 0 Å². The largest absolute Gasteiger partial charge is 0.481 e. The number of likely N-dealkylation sites (N-methyl/N-ethyl adjacent to an activating group) is 1. The van der Waals surface area contributed by atoms with Crippen LogP contribution in [0.5, 0.6) is 5.75 Å². The first-order valence-electron chi connectivity index (χ1n) is 15.8. The number of hydrogen-bond acceptors (Lipinski definition) is 14. The lowest BCUT2D eigenvalue weighted by molar-refractivity contribution is -0.187. The number of carboxylic acids is 2. The molecule has 1 saturated heterocycles. The van der Waals surface area contributed by atoms with Crippen LogP contribution >= 0.6 is 0 Å². The van der Waals surface area contributed by atoms with Crippen molar-refractivity contribution >= 4 is 29.8 Å². The monoisotopic (exact) mass is 697 g/mol. The van der Waals surface area contributed by atoms with Gasteiger partial charge in [0.2, 0.25) is 12.2 Å². The van der Waals surface area contributed by atoms with Crippen LogP contribution in [0, 0.1) is 0 Å². The van der Waals surface area contributed by atoms with Crippen molar-refractivity contribution in [2.24, 2.45) is 0 Å². The zero-order valence-corrected chi connectivity index (χ0v) is 26.6. The molecule has 0 radical (unpaired) electrons. The van der Waals surface area contributed by atoms with Gasteiger partial charge in [-0.1, -0.05) is 42.5 Å². The summed E-state index contributed by atoms with van der Waals surface area (Å²) in [5.74, 6) is -7.76. The van der Waals surface area contributed by atoms with E-state index in [-0.39, 0.29) is 30.4 Å². The number of carbonyl (C=O) groups is 5. The second-order valence-corrected chi connectivity index (χ2v) is 12.8. The number of esters is 3. The number of ether oxygens (including phenoxy) is 4. The molecule has 1 fully saturated rings. The van der Waals surface area contributed by atoms with Gasteiger partial charge in [0, 0.05) is 29.2 Å². The van der Waals surface area contributed by atoms with E-state index in [1.165, 1.54) is 30.3 Å². The Morgan fingerprint density at radius 1 is 0.980 bits per heavy atom. The van der Waals surface area contributed by atoms with E-state index in [0.717, 1.165) is 11.1 Å². The van der Waals surface area contributed by atoms with Crippen molar-refractivity contribution in [3.8, 4) is 5.75 Å². The van der Waals surface area contributed by atoms with Crippen molar-refractivity contribution in [2.45, 2.75) is 79.9 Å². The van der Waals surface area contributed by atoms with Gasteiger partial charge in [-0.05, 0) is 38.1 Å². The van der Waals surface area contributed by atoms with Gasteiger partial charge >= 0.3 is 29.8 Å². The lowest BCUT2D eigenvalue weighted by atomic mass is 9.50. The van der Waals surface area contributed by atoms with Crippen molar-refractivity contribution in [2.75, 3.05) is 13.6 Å². The van der Waals surface area contributed by atoms with Crippen molar-refractivity contribution in [3.05, 3.63) is 76.6 Å². The van der Waals surface area contributed by atoms with E-state index >= 15 is 0 Å². The summed E-state index contributed by atoms with van der Waals surface area (Å²) in [6.07, 6.45) is -9.11. The molecule has 2 aliphatic carbocycles. The molecule has 0 amide bonds. The Kier molecular flexibility index (Phi) is 9.17. The molecule has 50 heavy (non-hydrogen) atoms. The number of aliphatic hydroxyl groups excluding tert-OH is 3. The molecule has 1 spiro atoms. The molecule has 2 heterocycles. The number of carboxylic acid groups (broad SMARTS) is 2. The van der Waals surface area contributed by atoms with Gasteiger partial charge in [-0.2, -0.15) is 0 Å². The molecule has 6 N–H and O–H groups in total. The van der Waals surface area contributed by atoms with Crippen molar-refractivity contribution in [3.63, 3.8) is 0 Å². The fourth-order valence-corrected chi connectivity index (χ4v) is 7.67. The minimum absolute atomic E-state index is 0.0352. The minimum atomic E-state index is -2.62. The Morgan fingerprint density at radius 3 is 2.34 bits per heavy atom. The first kappa shape index (κ1) is 35.0. The van der Waals surface area contributed by atoms with E-state index in [1.807, 2.05) is 13.1 Å². The molecule has 2 aromatic rings. The number of aliphatic hydroxyl groups is 4. The van der Waals surface area contributed by atoms with Crippen molar-refractivity contribution in [1.29, 1.82) is 0 Å². The second kappa shape index (κ2) is 13.1. The Bertz CT molecular complexity index is 1760. The Labute approximate surface area is 284 Å². The van der Waals surface area contributed by atoms with Crippen LogP contribution in [0.25, 0.3) is 0 Å². The predicted molar refractivity (Wildman–Crippen MR) is 164 cm³/mol. The SMILES string of the molecule is CN1CC[C@]23c4c5ccc(CO)c4O[C@H]2C(OC(=O)[C@H](O)[C@@H](O)C(=O)O[C@H](C(=O)O[C@@H](CC(=O)O)C(=O)O)c2ccccc2)=CC[C@@]3(O)[C@H]1C5. The summed E-state index contributed by atoms with van der Waals surface area (Å²) in [4.78, 5) is 63.8. The summed E-state index contributed by atoms with van der Waals surface area (Å²) in [6.45, 7) is 0.213. The van der Waals surface area contributed by atoms with Crippen LogP contribution in [-0.4, -0.2) is 115 Å². The van der Waals surface area contributed by atoms with Gasteiger partial charge in [0.05, 0.1) is 24.0 Å². The molecule has 0 saturated carbocycles. The Balaban J connectivity index is 1.21. The second-order valence-electron chi connectivity index (χ2n) is 12.8. The Hall–Kier alpha value is -4.87. The summed E-state index contributed by atoms with van der Waals surface area (Å²) < 4.78 is 21.8. The molecule has 16 heteroatoms. The molecule has 6 rings (SSSR count). The van der Waals surface area contributed by atoms with Gasteiger partial charge in [-0.25, -0.2) is 19.2 Å². The van der Waals surface area contributed by atoms with Gasteiger partial charge in [-0.3, -0.25) is 4.79 Å². The topological polar surface area (TPSA) is 247 Å². The van der Waals surface area contributed by atoms with Gasteiger partial charge in [0.25, 0.3) is 0 Å². The summed E-state index contributed by atoms with van der Waals surface area (Å²) in [5.41, 5.74) is -0.379. The first-order chi connectivity index (χ1) is 23.7. The molecule has 266 valence electrons. The van der Waals surface area contributed by atoms with Crippen LogP contribution < -0.4 is 4.74 Å². The van der Waals surface area contributed by atoms with E-state index in [2.05, 4.69) is 4.90 Å². The maximum atomic E-state index is 13.3. The zero-order chi connectivity index (χ0) is 36.1. The number of carbonyl (C=O) groups excluding carboxylic acids is 3. The number of aliphatic carboxylic acids is 2. The highest BCUT2D eigenvalue weighted by Gasteiger charge is 2.72. The molecule has 16 nitrogen and oxygen atoms in total. The third-order valence-electron chi connectivity index (χ3n) is 10.1. The molecule has 2 aromatic carbocycles. The van der Waals surface area contributed by atoms with E-state index in [4.69, 9.17) is 24.1 Å². The van der Waals surface area contributed by atoms with E-state index in [0.29, 0.717) is 30.7 Å². The van der Waals surface area contributed by atoms with Crippen LogP contribution in [0.2, 0.25) is 0 Å². The number of hydrogen-bond donors (Lipinski definition) is 6. The highest BCUT2D eigenvalue weighted by atomic mass is 16.6. The number of rotatable bonds is 12. The maximum Gasteiger partial charge on any atom is 0.353 e. The molecule has 0 aromatic heterocycles. The summed E-state index contributed by atoms with van der Waals surface area (Å²) in [6, 6.07) is 10.3. The lowest BCUT2D eigenvalue weighted by Crippen LogP contribution is -2.74. The molecule has 2 aliphatic heterocycles. The van der Waals surface area contributed by atoms with Crippen LogP contribution in [0.1, 0.15) is 47.6 Å². The quantitative estimate of drug-likeness (QED) is 0.121. The molecule has 8 atom stereocenters. The number of piperidine rings is 1. The van der Waals surface area contributed by atoms with Gasteiger partial charge in [0.1, 0.15) is 11.5 Å². The number of benzene rings is 2. The smallest absolute Gasteiger partial charge is 0.353 e. The zero-order valence-electron chi connectivity index (χ0n) is 26.6. The van der Waals surface area contributed by atoms with E-state index < -0.39 is 77.8 Å². The summed E-state index contributed by atoms with van der Waals surface area (Å²) >= 11 is 0. The highest BCUT2D eigenvalue weighted by molar-refractivity contribution is 5.89. The standard InChI is InChI=1S/C34H35NO15/c1-35-12-11-33-23-17-7-8-18(15-36)26(23)49-28(33)19(9-10-34(33,46)21(35)13-17)47-30(43)24(39)25(40)31(44)50-27(16-5-3-2-4-6-16)32(45)48-20(29(41)42)14-22(37)38/h2-9,20-21,24-25,27-28,36,39-40,46H,10-15H2,1H3,(H,37,38)(H,41,42)/t20-,21+,24+,25+,27-,28-,33-,34+/m0/s1. The fourth-order valence-electron chi connectivity index (χ4n) is 7.67. The first-order valence-corrected chi connectivity index (χ1v) is 15.8. The van der Waals surface area contributed by atoms with Gasteiger partial charge < -0.3 is 54.5 Å². The fraction of sp³-hybridized carbons (Fsp3) is 0.441. The molecular formula is C34H35NO15. The predicted octanol–water partition coefficient (Wildman–Crippen LogP) is -0.523. The Morgan fingerprint density at radius 2 is 1.68 bits per heavy atom. The molecule has 4 aliphatic rings.